The Balaban J connectivity index is 1.50. The first-order valence-electron chi connectivity index (χ1n) is 12.3. The third kappa shape index (κ3) is 6.84. The van der Waals surface area contributed by atoms with Crippen LogP contribution in [0.1, 0.15) is 41.9 Å². The highest BCUT2D eigenvalue weighted by Gasteiger charge is 2.39. The Labute approximate surface area is 217 Å². The summed E-state index contributed by atoms with van der Waals surface area (Å²) in [5, 5.41) is 1.04. The molecule has 0 spiro atoms. The van der Waals surface area contributed by atoms with E-state index in [1.807, 2.05) is 87.4 Å². The van der Waals surface area contributed by atoms with Gasteiger partial charge in [-0.05, 0) is 51.7 Å². The second-order valence-electron chi connectivity index (χ2n) is 9.18. The number of carbonyl (C=O) groups excluding carboxylic acids is 1. The van der Waals surface area contributed by atoms with Crippen molar-refractivity contribution < 1.29 is 28.3 Å². The molecule has 3 aromatic rings. The van der Waals surface area contributed by atoms with Gasteiger partial charge in [-0.1, -0.05) is 48.6 Å². The van der Waals surface area contributed by atoms with Gasteiger partial charge in [0.1, 0.15) is 11.9 Å². The number of rotatable bonds is 12. The van der Waals surface area contributed by atoms with Gasteiger partial charge in [-0.15, -0.1) is 11.3 Å². The molecule has 0 radical (unpaired) electrons. The van der Waals surface area contributed by atoms with Crippen molar-refractivity contribution in [3.8, 4) is 5.75 Å². The van der Waals surface area contributed by atoms with Crippen molar-refractivity contribution >= 4 is 40.4 Å². The molecule has 4 rings (SSSR count). The number of fused-ring (bicyclic) bond motifs is 1. The minimum atomic E-state index is -0.681. The van der Waals surface area contributed by atoms with Crippen LogP contribution in [0.5, 0.6) is 5.75 Å². The number of ketones is 1. The Morgan fingerprint density at radius 3 is 2.64 bits per heavy atom. The first-order chi connectivity index (χ1) is 17.4. The lowest BCUT2D eigenvalue weighted by Gasteiger charge is -2.16. The van der Waals surface area contributed by atoms with Crippen molar-refractivity contribution in [3.05, 3.63) is 71.1 Å². The summed E-state index contributed by atoms with van der Waals surface area (Å²) in [4.78, 5) is 13.9. The van der Waals surface area contributed by atoms with Crippen LogP contribution in [-0.4, -0.2) is 51.2 Å². The lowest BCUT2D eigenvalue weighted by molar-refractivity contribution is -0.143. The highest BCUT2D eigenvalue weighted by molar-refractivity contribution is 7.21. The monoisotopic (exact) mass is 508 g/mol. The summed E-state index contributed by atoms with van der Waals surface area (Å²) in [6, 6.07) is 17.4. The molecule has 6 nitrogen and oxygen atoms in total. The summed E-state index contributed by atoms with van der Waals surface area (Å²) in [5.41, 5.74) is 0.890. The Morgan fingerprint density at radius 1 is 1.11 bits per heavy atom. The number of thiophene rings is 1. The minimum Gasteiger partial charge on any atom is -0.485 e. The van der Waals surface area contributed by atoms with Crippen molar-refractivity contribution in [1.82, 2.24) is 0 Å². The van der Waals surface area contributed by atoms with Gasteiger partial charge < -0.3 is 23.5 Å². The standard InChI is InChI=1S/C28H33BO6S/c1-28(2)34-24(14-10-18-33-29(3)31-4)25(35-28)17-16-22-21-13-8-9-15-26(21)36-27(22)23(30)19-32-20-11-6-5-7-12-20/h5-9,11-13,15-17,24-25H,10,14,18-19H2,1-4H3/b17-16+. The summed E-state index contributed by atoms with van der Waals surface area (Å²) in [6.45, 7) is 6.29. The molecule has 8 heteroatoms. The van der Waals surface area contributed by atoms with E-state index in [-0.39, 0.29) is 31.7 Å². The van der Waals surface area contributed by atoms with Crippen LogP contribution in [0.4, 0.5) is 0 Å². The maximum Gasteiger partial charge on any atom is 0.453 e. The van der Waals surface area contributed by atoms with Crippen molar-refractivity contribution in [2.24, 2.45) is 0 Å². The molecule has 2 heterocycles. The fourth-order valence-electron chi connectivity index (χ4n) is 4.21. The average Bonchev–Trinajstić information content (AvgIpc) is 3.40. The highest BCUT2D eigenvalue weighted by Crippen LogP contribution is 2.35. The predicted molar refractivity (Wildman–Crippen MR) is 145 cm³/mol. The van der Waals surface area contributed by atoms with E-state index in [1.54, 1.807) is 7.11 Å². The molecule has 1 aromatic heterocycles. The minimum absolute atomic E-state index is 0.0176. The molecule has 1 fully saturated rings. The Bertz CT molecular complexity index is 1180. The Kier molecular flexibility index (Phi) is 8.98. The Morgan fingerprint density at radius 2 is 1.86 bits per heavy atom. The smallest absolute Gasteiger partial charge is 0.453 e. The van der Waals surface area contributed by atoms with E-state index >= 15 is 0 Å². The van der Waals surface area contributed by atoms with E-state index in [2.05, 4.69) is 0 Å². The summed E-state index contributed by atoms with van der Waals surface area (Å²) in [6.07, 6.45) is 5.28. The lowest BCUT2D eigenvalue weighted by Crippen LogP contribution is -2.23. The predicted octanol–water partition coefficient (Wildman–Crippen LogP) is 6.26. The summed E-state index contributed by atoms with van der Waals surface area (Å²) >= 11 is 1.49. The Hall–Kier alpha value is -2.49. The first kappa shape index (κ1) is 26.6. The topological polar surface area (TPSA) is 63.2 Å². The molecule has 0 N–H and O–H groups in total. The fraction of sp³-hybridized carbons (Fsp3) is 0.393. The largest absolute Gasteiger partial charge is 0.485 e. The molecular formula is C28H33BO6S. The van der Waals surface area contributed by atoms with Gasteiger partial charge in [-0.3, -0.25) is 4.79 Å². The number of hydrogen-bond acceptors (Lipinski definition) is 7. The first-order valence-corrected chi connectivity index (χ1v) is 13.1. The number of ether oxygens (including phenoxy) is 3. The van der Waals surface area contributed by atoms with Crippen LogP contribution >= 0.6 is 11.3 Å². The summed E-state index contributed by atoms with van der Waals surface area (Å²) < 4.78 is 29.9. The summed E-state index contributed by atoms with van der Waals surface area (Å²) in [5.74, 6) is -0.0572. The van der Waals surface area contributed by atoms with E-state index in [9.17, 15) is 4.79 Å². The SMILES string of the molecule is COB(C)OCCCC1OC(C)(C)OC1/C=C/c1c(C(=O)COc2ccccc2)sc2ccccc12. The molecule has 1 saturated heterocycles. The van der Waals surface area contributed by atoms with Gasteiger partial charge in [-0.25, -0.2) is 0 Å². The lowest BCUT2D eigenvalue weighted by atomic mass is 9.95. The molecule has 190 valence electrons. The fourth-order valence-corrected chi connectivity index (χ4v) is 5.33. The average molecular weight is 508 g/mol. The van der Waals surface area contributed by atoms with E-state index in [0.717, 1.165) is 28.5 Å². The molecule has 0 bridgehead atoms. The van der Waals surface area contributed by atoms with E-state index in [1.165, 1.54) is 11.3 Å². The number of hydrogen-bond donors (Lipinski definition) is 0. The van der Waals surface area contributed by atoms with Crippen LogP contribution in [-0.2, 0) is 18.8 Å². The molecule has 36 heavy (non-hydrogen) atoms. The second-order valence-corrected chi connectivity index (χ2v) is 10.2. The number of Topliss-reactive ketones (excluding diaryl/α,β-unsaturated/α-hetero) is 1. The maximum atomic E-state index is 13.2. The van der Waals surface area contributed by atoms with Crippen molar-refractivity contribution in [1.29, 1.82) is 0 Å². The third-order valence-corrected chi connectivity index (χ3v) is 7.22. The van der Waals surface area contributed by atoms with Gasteiger partial charge in [-0.2, -0.15) is 0 Å². The van der Waals surface area contributed by atoms with Crippen molar-refractivity contribution in [2.45, 2.75) is 51.5 Å². The van der Waals surface area contributed by atoms with Crippen LogP contribution < -0.4 is 4.74 Å². The van der Waals surface area contributed by atoms with Crippen LogP contribution in [0.15, 0.2) is 60.7 Å². The number of benzene rings is 2. The van der Waals surface area contributed by atoms with Crippen LogP contribution in [0.25, 0.3) is 16.2 Å². The highest BCUT2D eigenvalue weighted by atomic mass is 32.1. The zero-order valence-corrected chi connectivity index (χ0v) is 22.1. The maximum absolute atomic E-state index is 13.2. The van der Waals surface area contributed by atoms with Gasteiger partial charge >= 0.3 is 7.12 Å². The number of carbonyl (C=O) groups is 1. The van der Waals surface area contributed by atoms with E-state index < -0.39 is 5.79 Å². The normalized spacial score (nSPS) is 19.2. The molecule has 0 amide bonds. The molecule has 1 aliphatic rings. The van der Waals surface area contributed by atoms with Crippen LogP contribution in [0.3, 0.4) is 0 Å². The second kappa shape index (κ2) is 12.2. The third-order valence-electron chi connectivity index (χ3n) is 5.99. The molecule has 2 aromatic carbocycles. The molecule has 2 unspecified atom stereocenters. The van der Waals surface area contributed by atoms with Gasteiger partial charge in [0.2, 0.25) is 5.78 Å². The van der Waals surface area contributed by atoms with E-state index in [0.29, 0.717) is 17.2 Å². The van der Waals surface area contributed by atoms with Gasteiger partial charge in [0.05, 0.1) is 11.0 Å². The molecule has 0 aliphatic carbocycles. The quantitative estimate of drug-likeness (QED) is 0.164. The zero-order valence-electron chi connectivity index (χ0n) is 21.3. The van der Waals surface area contributed by atoms with Crippen LogP contribution in [0, 0.1) is 0 Å². The zero-order chi connectivity index (χ0) is 25.5. The van der Waals surface area contributed by atoms with Crippen molar-refractivity contribution in [3.63, 3.8) is 0 Å². The molecule has 1 aliphatic heterocycles. The summed E-state index contributed by atoms with van der Waals surface area (Å²) in [7, 11) is 1.40. The van der Waals surface area contributed by atoms with Gasteiger partial charge in [0.15, 0.2) is 12.4 Å². The molecular weight excluding hydrogens is 475 g/mol. The number of para-hydroxylation sites is 1. The van der Waals surface area contributed by atoms with Crippen molar-refractivity contribution in [2.75, 3.05) is 20.3 Å². The van der Waals surface area contributed by atoms with Gasteiger partial charge in [0, 0.05) is 29.4 Å². The van der Waals surface area contributed by atoms with Crippen LogP contribution in [0.2, 0.25) is 6.82 Å². The molecule has 0 saturated carbocycles. The van der Waals surface area contributed by atoms with Gasteiger partial charge in [0.25, 0.3) is 0 Å². The molecule has 2 atom stereocenters. The van der Waals surface area contributed by atoms with E-state index in [4.69, 9.17) is 23.5 Å².